The normalized spacial score (nSPS) is 23.2. The molecule has 0 radical (unpaired) electrons. The highest BCUT2D eigenvalue weighted by Crippen LogP contribution is 2.07. The highest BCUT2D eigenvalue weighted by molar-refractivity contribution is 4.72. The number of ether oxygens (including phenoxy) is 1. The number of likely N-dealkylation sites (N-methyl/N-ethyl adjacent to an activating group) is 1. The van der Waals surface area contributed by atoms with Gasteiger partial charge in [0.25, 0.3) is 0 Å². The smallest absolute Gasteiger partial charge is 0.0826 e. The zero-order chi connectivity index (χ0) is 10.9. The molecule has 0 bridgehead atoms. The van der Waals surface area contributed by atoms with E-state index in [0.29, 0.717) is 6.10 Å². The van der Waals surface area contributed by atoms with E-state index in [1.54, 1.807) is 0 Å². The van der Waals surface area contributed by atoms with Crippen LogP contribution in [-0.4, -0.2) is 50.8 Å². The molecule has 0 amide bonds. The summed E-state index contributed by atoms with van der Waals surface area (Å²) in [6.07, 6.45) is 5.83. The molecule has 0 spiro atoms. The maximum absolute atomic E-state index is 5.67. The summed E-state index contributed by atoms with van der Waals surface area (Å²) in [7, 11) is 1.99. The second-order valence-electron chi connectivity index (χ2n) is 4.41. The van der Waals surface area contributed by atoms with Crippen molar-refractivity contribution in [3.63, 3.8) is 0 Å². The lowest BCUT2D eigenvalue weighted by Gasteiger charge is -2.32. The molecule has 15 heavy (non-hydrogen) atoms. The highest BCUT2D eigenvalue weighted by atomic mass is 16.5. The summed E-state index contributed by atoms with van der Waals surface area (Å²) < 4.78 is 5.67. The van der Waals surface area contributed by atoms with E-state index in [1.165, 1.54) is 32.2 Å². The molecule has 1 saturated heterocycles. The predicted octanol–water partition coefficient (Wildman–Crippen LogP) is 1.49. The van der Waals surface area contributed by atoms with E-state index in [0.717, 1.165) is 26.2 Å². The molecule has 1 aliphatic rings. The summed E-state index contributed by atoms with van der Waals surface area (Å²) >= 11 is 0. The molecule has 3 heteroatoms. The lowest BCUT2D eigenvalue weighted by molar-refractivity contribution is -0.0266. The molecule has 0 aliphatic carbocycles. The number of unbranched alkanes of at least 4 members (excludes halogenated alkanes) is 3. The van der Waals surface area contributed by atoms with Crippen LogP contribution in [0.2, 0.25) is 0 Å². The molecule has 3 nitrogen and oxygen atoms in total. The Balaban J connectivity index is 2.07. The van der Waals surface area contributed by atoms with Gasteiger partial charge in [0.15, 0.2) is 0 Å². The molecule has 0 aromatic carbocycles. The molecule has 1 fully saturated rings. The van der Waals surface area contributed by atoms with Crippen LogP contribution in [0.4, 0.5) is 0 Å². The van der Waals surface area contributed by atoms with Gasteiger partial charge < -0.3 is 10.1 Å². The molecule has 0 aromatic rings. The van der Waals surface area contributed by atoms with Crippen molar-refractivity contribution < 1.29 is 4.74 Å². The summed E-state index contributed by atoms with van der Waals surface area (Å²) in [4.78, 5) is 2.54. The molecule has 1 rings (SSSR count). The second kappa shape index (κ2) is 8.08. The fourth-order valence-corrected chi connectivity index (χ4v) is 2.10. The van der Waals surface area contributed by atoms with Crippen LogP contribution in [0.3, 0.4) is 0 Å². The lowest BCUT2D eigenvalue weighted by Crippen LogP contribution is -2.46. The summed E-state index contributed by atoms with van der Waals surface area (Å²) in [6.45, 7) is 7.62. The van der Waals surface area contributed by atoms with Gasteiger partial charge >= 0.3 is 0 Å². The van der Waals surface area contributed by atoms with Crippen molar-refractivity contribution in [3.05, 3.63) is 0 Å². The standard InChI is InChI=1S/C12H26N2O/c1-3-4-5-6-7-14-8-9-15-12(11-14)10-13-2/h12-13H,3-11H2,1-2H3. The topological polar surface area (TPSA) is 24.5 Å². The first kappa shape index (κ1) is 12.9. The van der Waals surface area contributed by atoms with E-state index in [2.05, 4.69) is 17.1 Å². The van der Waals surface area contributed by atoms with E-state index in [4.69, 9.17) is 4.74 Å². The Morgan fingerprint density at radius 2 is 2.20 bits per heavy atom. The van der Waals surface area contributed by atoms with Crippen LogP contribution in [0, 0.1) is 0 Å². The number of nitrogens with one attached hydrogen (secondary N) is 1. The predicted molar refractivity (Wildman–Crippen MR) is 64.2 cm³/mol. The Morgan fingerprint density at radius 3 is 2.93 bits per heavy atom. The van der Waals surface area contributed by atoms with Gasteiger partial charge in [0.2, 0.25) is 0 Å². The van der Waals surface area contributed by atoms with Gasteiger partial charge in [-0.2, -0.15) is 0 Å². The summed E-state index contributed by atoms with van der Waals surface area (Å²) in [5.41, 5.74) is 0. The van der Waals surface area contributed by atoms with Crippen molar-refractivity contribution in [2.24, 2.45) is 0 Å². The molecule has 1 atom stereocenters. The molecule has 0 aromatic heterocycles. The fraction of sp³-hybridized carbons (Fsp3) is 1.00. The molecular formula is C12H26N2O. The third-order valence-corrected chi connectivity index (χ3v) is 2.98. The summed E-state index contributed by atoms with van der Waals surface area (Å²) in [5, 5.41) is 3.18. The first-order valence-corrected chi connectivity index (χ1v) is 6.35. The van der Waals surface area contributed by atoms with Gasteiger partial charge in [0.05, 0.1) is 12.7 Å². The van der Waals surface area contributed by atoms with Crippen molar-refractivity contribution >= 4 is 0 Å². The number of rotatable bonds is 7. The van der Waals surface area contributed by atoms with Crippen LogP contribution in [0.5, 0.6) is 0 Å². The SMILES string of the molecule is CCCCCCN1CCOC(CNC)C1. The van der Waals surface area contributed by atoms with Crippen LogP contribution in [0.1, 0.15) is 32.6 Å². The minimum absolute atomic E-state index is 0.398. The van der Waals surface area contributed by atoms with E-state index in [-0.39, 0.29) is 0 Å². The van der Waals surface area contributed by atoms with Crippen molar-refractivity contribution in [2.75, 3.05) is 39.8 Å². The van der Waals surface area contributed by atoms with Gasteiger partial charge in [0.1, 0.15) is 0 Å². The molecule has 90 valence electrons. The van der Waals surface area contributed by atoms with Gasteiger partial charge in [-0.15, -0.1) is 0 Å². The summed E-state index contributed by atoms with van der Waals surface area (Å²) in [6, 6.07) is 0. The Kier molecular flexibility index (Phi) is 6.98. The van der Waals surface area contributed by atoms with Gasteiger partial charge in [0, 0.05) is 19.6 Å². The van der Waals surface area contributed by atoms with Crippen molar-refractivity contribution in [1.29, 1.82) is 0 Å². The van der Waals surface area contributed by atoms with Crippen LogP contribution in [0.15, 0.2) is 0 Å². The number of hydrogen-bond donors (Lipinski definition) is 1. The molecule has 0 saturated carbocycles. The molecule has 1 aliphatic heterocycles. The fourth-order valence-electron chi connectivity index (χ4n) is 2.10. The van der Waals surface area contributed by atoms with Gasteiger partial charge in [-0.1, -0.05) is 26.2 Å². The Hall–Kier alpha value is -0.120. The Bertz CT molecular complexity index is 151. The number of nitrogens with zero attached hydrogens (tertiary/aromatic N) is 1. The van der Waals surface area contributed by atoms with Crippen molar-refractivity contribution in [2.45, 2.75) is 38.7 Å². The van der Waals surface area contributed by atoms with Crippen molar-refractivity contribution in [3.8, 4) is 0 Å². The monoisotopic (exact) mass is 214 g/mol. The minimum atomic E-state index is 0.398. The molecule has 1 unspecified atom stereocenters. The van der Waals surface area contributed by atoms with Crippen LogP contribution in [0.25, 0.3) is 0 Å². The largest absolute Gasteiger partial charge is 0.374 e. The van der Waals surface area contributed by atoms with Gasteiger partial charge in [-0.25, -0.2) is 0 Å². The maximum atomic E-state index is 5.67. The van der Waals surface area contributed by atoms with E-state index < -0.39 is 0 Å². The van der Waals surface area contributed by atoms with Crippen LogP contribution < -0.4 is 5.32 Å². The molecule has 1 heterocycles. The van der Waals surface area contributed by atoms with Crippen molar-refractivity contribution in [1.82, 2.24) is 10.2 Å². The van der Waals surface area contributed by atoms with E-state index >= 15 is 0 Å². The Morgan fingerprint density at radius 1 is 1.33 bits per heavy atom. The first-order chi connectivity index (χ1) is 7.36. The second-order valence-corrected chi connectivity index (χ2v) is 4.41. The zero-order valence-corrected chi connectivity index (χ0v) is 10.3. The zero-order valence-electron chi connectivity index (χ0n) is 10.3. The van der Waals surface area contributed by atoms with Gasteiger partial charge in [-0.3, -0.25) is 4.90 Å². The minimum Gasteiger partial charge on any atom is -0.374 e. The average molecular weight is 214 g/mol. The number of morpholine rings is 1. The lowest BCUT2D eigenvalue weighted by atomic mass is 10.2. The highest BCUT2D eigenvalue weighted by Gasteiger charge is 2.18. The first-order valence-electron chi connectivity index (χ1n) is 6.35. The third kappa shape index (κ3) is 5.50. The van der Waals surface area contributed by atoms with Crippen LogP contribution >= 0.6 is 0 Å². The average Bonchev–Trinajstić information content (AvgIpc) is 2.26. The van der Waals surface area contributed by atoms with E-state index in [1.807, 2.05) is 7.05 Å². The van der Waals surface area contributed by atoms with Crippen LogP contribution in [-0.2, 0) is 4.74 Å². The quantitative estimate of drug-likeness (QED) is 0.650. The van der Waals surface area contributed by atoms with Gasteiger partial charge in [-0.05, 0) is 20.0 Å². The summed E-state index contributed by atoms with van der Waals surface area (Å²) in [5.74, 6) is 0. The molecular weight excluding hydrogens is 188 g/mol. The Labute approximate surface area is 94.2 Å². The van der Waals surface area contributed by atoms with E-state index in [9.17, 15) is 0 Å². The maximum Gasteiger partial charge on any atom is 0.0826 e. The third-order valence-electron chi connectivity index (χ3n) is 2.98. The molecule has 1 N–H and O–H groups in total. The number of hydrogen-bond acceptors (Lipinski definition) is 3.